The smallest absolute Gasteiger partial charge is 0.297 e. The average molecular weight is 316 g/mol. The van der Waals surface area contributed by atoms with E-state index in [1.807, 2.05) is 6.92 Å². The summed E-state index contributed by atoms with van der Waals surface area (Å²) in [6, 6.07) is 6.10. The van der Waals surface area contributed by atoms with Gasteiger partial charge in [0.05, 0.1) is 11.5 Å². The number of rotatable bonds is 3. The molecule has 0 aliphatic carbocycles. The molecular formula is C13H16O7S. The van der Waals surface area contributed by atoms with Gasteiger partial charge in [0.2, 0.25) is 0 Å². The van der Waals surface area contributed by atoms with Crippen LogP contribution in [0, 0.1) is 6.92 Å². The maximum absolute atomic E-state index is 12.2. The van der Waals surface area contributed by atoms with Crippen molar-refractivity contribution in [2.45, 2.75) is 42.5 Å². The van der Waals surface area contributed by atoms with Crippen LogP contribution in [0.3, 0.4) is 0 Å². The Kier molecular flexibility index (Phi) is 3.76. The lowest BCUT2D eigenvalue weighted by Crippen LogP contribution is -2.55. The number of hydrogen-bond acceptors (Lipinski definition) is 7. The Morgan fingerprint density at radius 1 is 1.19 bits per heavy atom. The zero-order chi connectivity index (χ0) is 15.2. The van der Waals surface area contributed by atoms with Crippen molar-refractivity contribution >= 4 is 10.1 Å². The van der Waals surface area contributed by atoms with Crippen molar-refractivity contribution < 1.29 is 32.3 Å². The molecule has 2 saturated heterocycles. The third-order valence-corrected chi connectivity index (χ3v) is 4.94. The molecule has 3 rings (SSSR count). The van der Waals surface area contributed by atoms with E-state index >= 15 is 0 Å². The van der Waals surface area contributed by atoms with Crippen molar-refractivity contribution in [2.24, 2.45) is 0 Å². The van der Waals surface area contributed by atoms with E-state index in [0.29, 0.717) is 0 Å². The summed E-state index contributed by atoms with van der Waals surface area (Å²) in [5, 5.41) is 19.8. The molecule has 116 valence electrons. The summed E-state index contributed by atoms with van der Waals surface area (Å²) >= 11 is 0. The summed E-state index contributed by atoms with van der Waals surface area (Å²) in [5.41, 5.74) is 0.910. The molecule has 2 heterocycles. The highest BCUT2D eigenvalue weighted by atomic mass is 32.2. The topological polar surface area (TPSA) is 102 Å². The molecule has 2 aliphatic heterocycles. The zero-order valence-electron chi connectivity index (χ0n) is 11.2. The minimum Gasteiger partial charge on any atom is -0.387 e. The highest BCUT2D eigenvalue weighted by molar-refractivity contribution is 7.86. The van der Waals surface area contributed by atoms with Crippen molar-refractivity contribution in [1.82, 2.24) is 0 Å². The van der Waals surface area contributed by atoms with Gasteiger partial charge in [-0.3, -0.25) is 4.18 Å². The zero-order valence-corrected chi connectivity index (χ0v) is 12.1. The summed E-state index contributed by atoms with van der Waals surface area (Å²) in [6.07, 6.45) is -5.61. The molecular weight excluding hydrogens is 300 g/mol. The first kappa shape index (κ1) is 14.9. The van der Waals surface area contributed by atoms with Crippen LogP contribution in [0.15, 0.2) is 29.2 Å². The molecule has 8 heteroatoms. The van der Waals surface area contributed by atoms with Gasteiger partial charge in [-0.15, -0.1) is 0 Å². The lowest BCUT2D eigenvalue weighted by atomic mass is 10.0. The van der Waals surface area contributed by atoms with Crippen molar-refractivity contribution in [3.8, 4) is 0 Å². The number of aliphatic hydroxyl groups excluding tert-OH is 2. The van der Waals surface area contributed by atoms with Gasteiger partial charge in [-0.25, -0.2) is 0 Å². The monoisotopic (exact) mass is 316 g/mol. The number of aliphatic hydroxyl groups is 2. The van der Waals surface area contributed by atoms with Crippen LogP contribution in [0.25, 0.3) is 0 Å². The molecule has 0 radical (unpaired) electrons. The third kappa shape index (κ3) is 2.70. The SMILES string of the molecule is Cc1ccc(S(=O)(=O)OC2[C@@H]3OCC(O3)[C@@H](O)[C@H]2O)cc1. The molecule has 2 aliphatic rings. The Labute approximate surface area is 122 Å². The van der Waals surface area contributed by atoms with Gasteiger partial charge in [0.1, 0.15) is 18.3 Å². The van der Waals surface area contributed by atoms with E-state index in [0.717, 1.165) is 5.56 Å². The van der Waals surface area contributed by atoms with Crippen molar-refractivity contribution in [3.05, 3.63) is 29.8 Å². The minimum atomic E-state index is -4.09. The number of hydrogen-bond donors (Lipinski definition) is 2. The maximum Gasteiger partial charge on any atom is 0.297 e. The Morgan fingerprint density at radius 2 is 1.86 bits per heavy atom. The molecule has 0 spiro atoms. The van der Waals surface area contributed by atoms with E-state index in [2.05, 4.69) is 0 Å². The molecule has 1 aromatic carbocycles. The summed E-state index contributed by atoms with van der Waals surface area (Å²) in [7, 11) is -4.09. The van der Waals surface area contributed by atoms with Gasteiger partial charge in [0.25, 0.3) is 10.1 Å². The highest BCUT2D eigenvalue weighted by Gasteiger charge is 2.52. The molecule has 2 bridgehead atoms. The molecule has 5 atom stereocenters. The van der Waals surface area contributed by atoms with Crippen molar-refractivity contribution in [3.63, 3.8) is 0 Å². The summed E-state index contributed by atoms with van der Waals surface area (Å²) in [6.45, 7) is 1.92. The Morgan fingerprint density at radius 3 is 2.52 bits per heavy atom. The van der Waals surface area contributed by atoms with Crippen molar-refractivity contribution in [2.75, 3.05) is 6.61 Å². The fourth-order valence-electron chi connectivity index (χ4n) is 2.38. The molecule has 0 aromatic heterocycles. The van der Waals surface area contributed by atoms with Crippen LogP contribution < -0.4 is 0 Å². The fraction of sp³-hybridized carbons (Fsp3) is 0.538. The maximum atomic E-state index is 12.2. The second kappa shape index (κ2) is 5.31. The molecule has 2 N–H and O–H groups in total. The summed E-state index contributed by atoms with van der Waals surface area (Å²) < 4.78 is 39.9. The van der Waals surface area contributed by atoms with Crippen LogP contribution in [-0.4, -0.2) is 55.9 Å². The number of fused-ring (bicyclic) bond motifs is 2. The van der Waals surface area contributed by atoms with E-state index in [1.54, 1.807) is 12.1 Å². The Balaban J connectivity index is 1.83. The number of benzene rings is 1. The molecule has 2 fully saturated rings. The van der Waals surface area contributed by atoms with Gasteiger partial charge in [-0.2, -0.15) is 8.42 Å². The highest BCUT2D eigenvalue weighted by Crippen LogP contribution is 2.32. The van der Waals surface area contributed by atoms with Gasteiger partial charge >= 0.3 is 0 Å². The molecule has 0 amide bonds. The van der Waals surface area contributed by atoms with Crippen LogP contribution >= 0.6 is 0 Å². The first-order valence-corrected chi connectivity index (χ1v) is 7.92. The largest absolute Gasteiger partial charge is 0.387 e. The van der Waals surface area contributed by atoms with E-state index in [-0.39, 0.29) is 11.5 Å². The van der Waals surface area contributed by atoms with Crippen LogP contribution in [0.1, 0.15) is 5.56 Å². The van der Waals surface area contributed by atoms with Gasteiger partial charge in [0.15, 0.2) is 12.4 Å². The first-order valence-electron chi connectivity index (χ1n) is 6.51. The second-order valence-corrected chi connectivity index (χ2v) is 6.76. The van der Waals surface area contributed by atoms with Gasteiger partial charge in [0, 0.05) is 0 Å². The fourth-order valence-corrected chi connectivity index (χ4v) is 3.45. The van der Waals surface area contributed by atoms with Crippen molar-refractivity contribution in [1.29, 1.82) is 0 Å². The first-order chi connectivity index (χ1) is 9.88. The lowest BCUT2D eigenvalue weighted by molar-refractivity contribution is -0.219. The van der Waals surface area contributed by atoms with E-state index < -0.39 is 40.8 Å². The molecule has 7 nitrogen and oxygen atoms in total. The predicted octanol–water partition coefficient (Wildman–Crippen LogP) is -0.454. The Bertz CT molecular complexity index is 612. The average Bonchev–Trinajstić information content (AvgIpc) is 2.89. The van der Waals surface area contributed by atoms with Crippen LogP contribution in [0.4, 0.5) is 0 Å². The molecule has 1 aromatic rings. The Hall–Kier alpha value is -1.03. The second-order valence-electron chi connectivity index (χ2n) is 5.19. The van der Waals surface area contributed by atoms with Gasteiger partial charge in [-0.05, 0) is 19.1 Å². The van der Waals surface area contributed by atoms with Crippen LogP contribution in [0.5, 0.6) is 0 Å². The van der Waals surface area contributed by atoms with Gasteiger partial charge in [-0.1, -0.05) is 17.7 Å². The van der Waals surface area contributed by atoms with E-state index in [9.17, 15) is 18.6 Å². The van der Waals surface area contributed by atoms with Gasteiger partial charge < -0.3 is 19.7 Å². The normalized spacial score (nSPS) is 35.9. The number of ether oxygens (including phenoxy) is 2. The van der Waals surface area contributed by atoms with Crippen LogP contribution in [-0.2, 0) is 23.8 Å². The minimum absolute atomic E-state index is 0.0325. The van der Waals surface area contributed by atoms with E-state index in [1.165, 1.54) is 12.1 Å². The van der Waals surface area contributed by atoms with E-state index in [4.69, 9.17) is 13.7 Å². The molecule has 0 saturated carbocycles. The quantitative estimate of drug-likeness (QED) is 0.728. The number of aryl methyl sites for hydroxylation is 1. The third-order valence-electron chi connectivity index (χ3n) is 3.62. The summed E-state index contributed by atoms with van der Waals surface area (Å²) in [5.74, 6) is 0. The summed E-state index contributed by atoms with van der Waals surface area (Å²) in [4.78, 5) is -0.0325. The van der Waals surface area contributed by atoms with Crippen LogP contribution in [0.2, 0.25) is 0 Å². The predicted molar refractivity (Wildman–Crippen MR) is 69.9 cm³/mol. The standard InChI is InChI=1S/C13H16O7S/c1-7-2-4-8(5-3-7)21(16,17)20-12-11(15)10(14)9-6-18-13(12)19-9/h2-5,9-15H,6H2,1H3/t9?,10-,11-,12?,13-/m1/s1. The molecule has 2 unspecified atom stereocenters. The molecule has 21 heavy (non-hydrogen) atoms. The lowest BCUT2D eigenvalue weighted by Gasteiger charge is -2.34.